The number of rotatable bonds is 1. The second kappa shape index (κ2) is 4.72. The molecule has 0 aliphatic carbocycles. The Bertz CT molecular complexity index is 766. The van der Waals surface area contributed by atoms with Gasteiger partial charge in [-0.05, 0) is 17.8 Å². The fraction of sp³-hybridized carbons (Fsp3) is 0.300. The Morgan fingerprint density at radius 3 is 2.85 bits per heavy atom. The van der Waals surface area contributed by atoms with Crippen LogP contribution in [0.2, 0.25) is 0 Å². The van der Waals surface area contributed by atoms with E-state index in [0.29, 0.717) is 20.4 Å². The lowest BCUT2D eigenvalue weighted by Gasteiger charge is -2.12. The highest BCUT2D eigenvalue weighted by Crippen LogP contribution is 2.52. The minimum atomic E-state index is -1.38. The summed E-state index contributed by atoms with van der Waals surface area (Å²) in [4.78, 5) is 24.7. The Morgan fingerprint density at radius 2 is 2.25 bits per heavy atom. The minimum Gasteiger partial charge on any atom is -0.610 e. The molecule has 2 atom stereocenters. The molecule has 10 heteroatoms. The SMILES string of the molecule is Cc1noc([SH]2C([S+](C)[O-])=Nc3c2ncn(C)c3=O)n1. The Morgan fingerprint density at radius 1 is 1.50 bits per heavy atom. The zero-order valence-corrected chi connectivity index (χ0v) is 12.6. The van der Waals surface area contributed by atoms with Crippen LogP contribution in [0, 0.1) is 6.92 Å². The first-order valence-electron chi connectivity index (χ1n) is 5.57. The van der Waals surface area contributed by atoms with Crippen molar-refractivity contribution in [2.45, 2.75) is 17.2 Å². The molecule has 0 saturated heterocycles. The van der Waals surface area contributed by atoms with Gasteiger partial charge in [0, 0.05) is 18.2 Å². The molecular formula is C10H11N5O3S2. The smallest absolute Gasteiger partial charge is 0.280 e. The summed E-state index contributed by atoms with van der Waals surface area (Å²) < 4.78 is 18.7. The van der Waals surface area contributed by atoms with E-state index < -0.39 is 22.1 Å². The summed E-state index contributed by atoms with van der Waals surface area (Å²) in [7, 11) is 0.207. The molecule has 8 nitrogen and oxygen atoms in total. The van der Waals surface area contributed by atoms with Crippen LogP contribution in [0.15, 0.2) is 30.9 Å². The molecule has 0 spiro atoms. The fourth-order valence-electron chi connectivity index (χ4n) is 1.76. The van der Waals surface area contributed by atoms with Crippen LogP contribution in [0.4, 0.5) is 5.69 Å². The summed E-state index contributed by atoms with van der Waals surface area (Å²) in [6, 6.07) is 0. The van der Waals surface area contributed by atoms with Crippen LogP contribution in [0.5, 0.6) is 0 Å². The molecule has 3 heterocycles. The van der Waals surface area contributed by atoms with Crippen molar-refractivity contribution in [2.75, 3.05) is 6.26 Å². The Labute approximate surface area is 119 Å². The molecule has 0 N–H and O–H groups in total. The van der Waals surface area contributed by atoms with Gasteiger partial charge in [0.05, 0.1) is 6.33 Å². The first kappa shape index (κ1) is 13.3. The van der Waals surface area contributed by atoms with E-state index in [-0.39, 0.29) is 11.2 Å². The molecule has 0 saturated carbocycles. The van der Waals surface area contributed by atoms with Gasteiger partial charge in [0.1, 0.15) is 11.3 Å². The second-order valence-corrected chi connectivity index (χ2v) is 7.64. The predicted octanol–water partition coefficient (Wildman–Crippen LogP) is 0.271. The topological polar surface area (TPSA) is 109 Å². The van der Waals surface area contributed by atoms with E-state index in [1.54, 1.807) is 14.0 Å². The Kier molecular flexibility index (Phi) is 3.15. The van der Waals surface area contributed by atoms with E-state index in [2.05, 4.69) is 20.1 Å². The maximum absolute atomic E-state index is 12.1. The summed E-state index contributed by atoms with van der Waals surface area (Å²) in [6.07, 6.45) is 2.92. The zero-order chi connectivity index (χ0) is 14.4. The number of thiol groups is 1. The molecule has 0 radical (unpaired) electrons. The van der Waals surface area contributed by atoms with Crippen molar-refractivity contribution in [3.05, 3.63) is 22.5 Å². The molecule has 0 amide bonds. The molecule has 0 aromatic carbocycles. The first-order chi connectivity index (χ1) is 9.49. The molecule has 0 fully saturated rings. The fourth-order valence-corrected chi connectivity index (χ4v) is 5.12. The van der Waals surface area contributed by atoms with Gasteiger partial charge in [0.25, 0.3) is 15.2 Å². The average molecular weight is 313 g/mol. The van der Waals surface area contributed by atoms with Crippen LogP contribution < -0.4 is 5.56 Å². The normalized spacial score (nSPS) is 20.6. The number of aryl methyl sites for hydroxylation is 2. The third kappa shape index (κ3) is 1.96. The summed E-state index contributed by atoms with van der Waals surface area (Å²) in [5.41, 5.74) is -0.0682. The molecule has 0 bridgehead atoms. The minimum absolute atomic E-state index is 0.210. The standard InChI is InChI=1S/C10H11N5O3S2/c1-5-12-9(18-14-5)20-7-6(13-10(20)19(3)17)8(16)15(2)4-11-7/h4,20H,1-3H3. The van der Waals surface area contributed by atoms with Gasteiger partial charge in [-0.1, -0.05) is 5.16 Å². The molecular weight excluding hydrogens is 302 g/mol. The third-order valence-corrected chi connectivity index (χ3v) is 6.39. The average Bonchev–Trinajstić information content (AvgIpc) is 2.97. The number of aliphatic imine (C=N–C) groups is 1. The molecule has 3 rings (SSSR count). The van der Waals surface area contributed by atoms with Crippen LogP contribution in [0.1, 0.15) is 5.82 Å². The quantitative estimate of drug-likeness (QED) is 0.460. The Balaban J connectivity index is 2.22. The lowest BCUT2D eigenvalue weighted by Crippen LogP contribution is -2.16. The van der Waals surface area contributed by atoms with Gasteiger partial charge in [0.15, 0.2) is 11.5 Å². The molecule has 2 unspecified atom stereocenters. The van der Waals surface area contributed by atoms with Gasteiger partial charge in [-0.2, -0.15) is 9.98 Å². The highest BCUT2D eigenvalue weighted by Gasteiger charge is 2.38. The van der Waals surface area contributed by atoms with E-state index in [9.17, 15) is 9.35 Å². The summed E-state index contributed by atoms with van der Waals surface area (Å²) in [5, 5.41) is 4.51. The number of nitrogens with zero attached hydrogens (tertiary/aromatic N) is 5. The molecule has 20 heavy (non-hydrogen) atoms. The second-order valence-electron chi connectivity index (χ2n) is 4.14. The van der Waals surface area contributed by atoms with Crippen LogP contribution in [0.25, 0.3) is 0 Å². The number of hydrogen-bond donors (Lipinski definition) is 1. The first-order valence-corrected chi connectivity index (χ1v) is 8.47. The van der Waals surface area contributed by atoms with Gasteiger partial charge in [0.2, 0.25) is 0 Å². The van der Waals surface area contributed by atoms with E-state index in [1.165, 1.54) is 17.2 Å². The molecule has 2 aromatic rings. The van der Waals surface area contributed by atoms with Crippen molar-refractivity contribution in [1.82, 2.24) is 19.7 Å². The highest BCUT2D eigenvalue weighted by atomic mass is 32.3. The predicted molar refractivity (Wildman–Crippen MR) is 75.2 cm³/mol. The van der Waals surface area contributed by atoms with E-state index in [1.807, 2.05) is 0 Å². The van der Waals surface area contributed by atoms with Crippen LogP contribution in [-0.4, -0.2) is 34.9 Å². The van der Waals surface area contributed by atoms with E-state index >= 15 is 0 Å². The van der Waals surface area contributed by atoms with Crippen LogP contribution in [-0.2, 0) is 18.2 Å². The van der Waals surface area contributed by atoms with Gasteiger partial charge in [-0.3, -0.25) is 4.79 Å². The maximum Gasteiger partial charge on any atom is 0.280 e. The Hall–Kier alpha value is -1.65. The molecule has 2 aromatic heterocycles. The van der Waals surface area contributed by atoms with Crippen molar-refractivity contribution < 1.29 is 9.08 Å². The maximum atomic E-state index is 12.1. The van der Waals surface area contributed by atoms with Gasteiger partial charge >= 0.3 is 0 Å². The van der Waals surface area contributed by atoms with Crippen LogP contribution in [0.3, 0.4) is 0 Å². The van der Waals surface area contributed by atoms with E-state index in [0.717, 1.165) is 0 Å². The number of fused-ring (bicyclic) bond motifs is 1. The zero-order valence-electron chi connectivity index (χ0n) is 10.9. The van der Waals surface area contributed by atoms with Crippen molar-refractivity contribution in [3.63, 3.8) is 0 Å². The van der Waals surface area contributed by atoms with E-state index in [4.69, 9.17) is 4.52 Å². The van der Waals surface area contributed by atoms with Gasteiger partial charge in [-0.25, -0.2) is 4.98 Å². The molecule has 1 aliphatic heterocycles. The molecule has 1 aliphatic rings. The third-order valence-electron chi connectivity index (χ3n) is 2.66. The van der Waals surface area contributed by atoms with Crippen LogP contribution >= 0.6 is 10.9 Å². The summed E-state index contributed by atoms with van der Waals surface area (Å²) in [6.45, 7) is 1.69. The lowest BCUT2D eigenvalue weighted by molar-refractivity contribution is 0.337. The number of hydrogen-bond acceptors (Lipinski definition) is 7. The van der Waals surface area contributed by atoms with Gasteiger partial charge < -0.3 is 13.6 Å². The highest BCUT2D eigenvalue weighted by molar-refractivity contribution is 8.45. The largest absolute Gasteiger partial charge is 0.610 e. The lowest BCUT2D eigenvalue weighted by atomic mass is 10.5. The summed E-state index contributed by atoms with van der Waals surface area (Å²) in [5.74, 6) is 0.473. The van der Waals surface area contributed by atoms with Gasteiger partial charge in [-0.15, -0.1) is 0 Å². The number of aromatic nitrogens is 4. The summed E-state index contributed by atoms with van der Waals surface area (Å²) >= 11 is -1.34. The monoisotopic (exact) mass is 313 g/mol. The van der Waals surface area contributed by atoms with Crippen molar-refractivity contribution >= 4 is 32.1 Å². The van der Waals surface area contributed by atoms with Crippen molar-refractivity contribution in [2.24, 2.45) is 12.0 Å². The molecule has 106 valence electrons. The van der Waals surface area contributed by atoms with Crippen molar-refractivity contribution in [1.29, 1.82) is 0 Å². The van der Waals surface area contributed by atoms with Crippen molar-refractivity contribution in [3.8, 4) is 0 Å².